The molecular weight excluding hydrogens is 288 g/mol. The minimum Gasteiger partial charge on any atom is -0.376 e. The Morgan fingerprint density at radius 3 is 2.59 bits per heavy atom. The molecule has 2 fully saturated rings. The third kappa shape index (κ3) is 3.32. The van der Waals surface area contributed by atoms with E-state index in [0.29, 0.717) is 13.2 Å². The topological polar surface area (TPSA) is 55.4 Å². The van der Waals surface area contributed by atoms with Crippen molar-refractivity contribution < 1.29 is 28.4 Å². The summed E-state index contributed by atoms with van der Waals surface area (Å²) in [6, 6.07) is 9.94. The first-order chi connectivity index (χ1) is 10.8. The zero-order valence-corrected chi connectivity index (χ0v) is 12.8. The Morgan fingerprint density at radius 2 is 1.86 bits per heavy atom. The molecule has 6 nitrogen and oxygen atoms in total. The summed E-state index contributed by atoms with van der Waals surface area (Å²) < 4.78 is 33.9. The molecule has 0 radical (unpaired) electrons. The van der Waals surface area contributed by atoms with Crippen LogP contribution in [0.5, 0.6) is 0 Å². The van der Waals surface area contributed by atoms with E-state index in [2.05, 4.69) is 0 Å². The normalized spacial score (nSPS) is 35.1. The van der Waals surface area contributed by atoms with Crippen LogP contribution in [-0.4, -0.2) is 58.3 Å². The number of hydrogen-bond acceptors (Lipinski definition) is 6. The largest absolute Gasteiger partial charge is 0.376 e. The van der Waals surface area contributed by atoms with Crippen molar-refractivity contribution in [3.05, 3.63) is 35.9 Å². The van der Waals surface area contributed by atoms with Crippen LogP contribution < -0.4 is 0 Å². The van der Waals surface area contributed by atoms with Gasteiger partial charge in [0.05, 0.1) is 13.2 Å². The van der Waals surface area contributed by atoms with Gasteiger partial charge in [-0.05, 0) is 5.56 Å². The van der Waals surface area contributed by atoms with Crippen LogP contribution in [-0.2, 0) is 35.0 Å². The summed E-state index contributed by atoms with van der Waals surface area (Å²) in [6.07, 6.45) is -1.56. The van der Waals surface area contributed by atoms with Crippen molar-refractivity contribution in [1.29, 1.82) is 0 Å². The first-order valence-electron chi connectivity index (χ1n) is 7.39. The van der Waals surface area contributed by atoms with E-state index in [-0.39, 0.29) is 31.2 Å². The highest BCUT2D eigenvalue weighted by molar-refractivity contribution is 5.13. The lowest BCUT2D eigenvalue weighted by Gasteiger charge is -2.46. The van der Waals surface area contributed by atoms with Crippen molar-refractivity contribution in [1.82, 2.24) is 0 Å². The van der Waals surface area contributed by atoms with Gasteiger partial charge >= 0.3 is 0 Å². The summed E-state index contributed by atoms with van der Waals surface area (Å²) in [5, 5.41) is 0. The van der Waals surface area contributed by atoms with E-state index in [4.69, 9.17) is 28.4 Å². The maximum Gasteiger partial charge on any atom is 0.187 e. The van der Waals surface area contributed by atoms with Crippen molar-refractivity contribution in [3.8, 4) is 0 Å². The van der Waals surface area contributed by atoms with Crippen molar-refractivity contribution in [2.75, 3.05) is 27.6 Å². The molecule has 3 rings (SSSR count). The van der Waals surface area contributed by atoms with E-state index in [1.165, 1.54) is 0 Å². The van der Waals surface area contributed by atoms with Crippen LogP contribution in [0.15, 0.2) is 30.3 Å². The summed E-state index contributed by atoms with van der Waals surface area (Å²) in [5.74, 6) is 0. The standard InChI is InChI=1S/C16H22O6/c1-17-14-13-12(9-19-10-21-13)22-16(15(14)18-2)20-8-11-6-4-3-5-7-11/h3-7,12-16H,8-10H2,1-2H3/t12-,13-,14+,15-,16+/m1/s1. The number of rotatable bonds is 5. The molecule has 2 heterocycles. The van der Waals surface area contributed by atoms with E-state index in [1.54, 1.807) is 14.2 Å². The van der Waals surface area contributed by atoms with Gasteiger partial charge in [0.25, 0.3) is 0 Å². The molecule has 0 amide bonds. The van der Waals surface area contributed by atoms with Crippen molar-refractivity contribution >= 4 is 0 Å². The van der Waals surface area contributed by atoms with Gasteiger partial charge in [-0.25, -0.2) is 0 Å². The van der Waals surface area contributed by atoms with Crippen molar-refractivity contribution in [2.24, 2.45) is 0 Å². The highest BCUT2D eigenvalue weighted by atomic mass is 16.8. The monoisotopic (exact) mass is 310 g/mol. The fourth-order valence-corrected chi connectivity index (χ4v) is 2.91. The molecule has 1 aromatic rings. The second-order valence-corrected chi connectivity index (χ2v) is 5.36. The SMILES string of the molecule is CO[C@@H]1[C@@H](OC)[C@@H](OCc2ccccc2)O[C@@H]2COCO[C@@H]12. The van der Waals surface area contributed by atoms with Crippen LogP contribution in [0, 0.1) is 0 Å². The summed E-state index contributed by atoms with van der Waals surface area (Å²) in [5.41, 5.74) is 1.08. The zero-order valence-electron chi connectivity index (χ0n) is 12.8. The van der Waals surface area contributed by atoms with E-state index in [0.717, 1.165) is 5.56 Å². The molecule has 0 unspecified atom stereocenters. The van der Waals surface area contributed by atoms with Gasteiger partial charge in [0.2, 0.25) is 0 Å². The Balaban J connectivity index is 1.68. The maximum absolute atomic E-state index is 5.97. The van der Waals surface area contributed by atoms with Crippen LogP contribution in [0.3, 0.4) is 0 Å². The van der Waals surface area contributed by atoms with E-state index in [9.17, 15) is 0 Å². The number of ether oxygens (including phenoxy) is 6. The number of methoxy groups -OCH3 is 2. The van der Waals surface area contributed by atoms with Gasteiger partial charge in [-0.15, -0.1) is 0 Å². The first-order valence-corrected chi connectivity index (χ1v) is 7.39. The fourth-order valence-electron chi connectivity index (χ4n) is 2.91. The fraction of sp³-hybridized carbons (Fsp3) is 0.625. The highest BCUT2D eigenvalue weighted by Crippen LogP contribution is 2.30. The molecule has 1 aromatic carbocycles. The lowest BCUT2D eigenvalue weighted by atomic mass is 9.98. The second kappa shape index (κ2) is 7.50. The Kier molecular flexibility index (Phi) is 5.41. The molecule has 0 N–H and O–H groups in total. The lowest BCUT2D eigenvalue weighted by Crippen LogP contribution is -2.62. The van der Waals surface area contributed by atoms with Crippen molar-refractivity contribution in [3.63, 3.8) is 0 Å². The molecule has 0 spiro atoms. The molecule has 22 heavy (non-hydrogen) atoms. The average Bonchev–Trinajstić information content (AvgIpc) is 2.59. The summed E-state index contributed by atoms with van der Waals surface area (Å²) in [6.45, 7) is 1.16. The average molecular weight is 310 g/mol. The van der Waals surface area contributed by atoms with Gasteiger partial charge in [-0.2, -0.15) is 0 Å². The maximum atomic E-state index is 5.97. The van der Waals surface area contributed by atoms with Crippen LogP contribution in [0.2, 0.25) is 0 Å². The molecule has 0 saturated carbocycles. The molecule has 0 aliphatic carbocycles. The van der Waals surface area contributed by atoms with Gasteiger partial charge in [-0.1, -0.05) is 30.3 Å². The van der Waals surface area contributed by atoms with Gasteiger partial charge < -0.3 is 28.4 Å². The van der Waals surface area contributed by atoms with Gasteiger partial charge in [0.1, 0.15) is 31.2 Å². The van der Waals surface area contributed by atoms with E-state index < -0.39 is 6.29 Å². The third-order valence-corrected chi connectivity index (χ3v) is 4.02. The highest BCUT2D eigenvalue weighted by Gasteiger charge is 2.49. The molecule has 5 atom stereocenters. The van der Waals surface area contributed by atoms with Gasteiger partial charge in [0.15, 0.2) is 6.29 Å². The summed E-state index contributed by atoms with van der Waals surface area (Å²) in [7, 11) is 3.27. The third-order valence-electron chi connectivity index (χ3n) is 4.02. The molecule has 2 aliphatic rings. The predicted octanol–water partition coefficient (Wildman–Crippen LogP) is 1.33. The van der Waals surface area contributed by atoms with Crippen LogP contribution in [0.25, 0.3) is 0 Å². The Labute approximate surface area is 130 Å². The van der Waals surface area contributed by atoms with Crippen molar-refractivity contribution in [2.45, 2.75) is 37.3 Å². The molecule has 2 aliphatic heterocycles. The Hall–Kier alpha value is -1.02. The van der Waals surface area contributed by atoms with Crippen LogP contribution in [0.1, 0.15) is 5.56 Å². The molecule has 0 aromatic heterocycles. The molecule has 2 saturated heterocycles. The minimum atomic E-state index is -0.526. The number of fused-ring (bicyclic) bond motifs is 1. The predicted molar refractivity (Wildman–Crippen MR) is 77.2 cm³/mol. The number of benzene rings is 1. The summed E-state index contributed by atoms with van der Waals surface area (Å²) >= 11 is 0. The van der Waals surface area contributed by atoms with Crippen LogP contribution in [0.4, 0.5) is 0 Å². The molecule has 122 valence electrons. The van der Waals surface area contributed by atoms with E-state index in [1.807, 2.05) is 30.3 Å². The molecular formula is C16H22O6. The quantitative estimate of drug-likeness (QED) is 0.818. The lowest BCUT2D eigenvalue weighted by molar-refractivity contribution is -0.346. The second-order valence-electron chi connectivity index (χ2n) is 5.36. The Bertz CT molecular complexity index is 453. The van der Waals surface area contributed by atoms with Gasteiger partial charge in [0, 0.05) is 14.2 Å². The summed E-state index contributed by atoms with van der Waals surface area (Å²) in [4.78, 5) is 0. The molecule has 0 bridgehead atoms. The minimum absolute atomic E-state index is 0.208. The first kappa shape index (κ1) is 15.9. The van der Waals surface area contributed by atoms with Crippen LogP contribution >= 0.6 is 0 Å². The zero-order chi connectivity index (χ0) is 15.4. The number of hydrogen-bond donors (Lipinski definition) is 0. The smallest absolute Gasteiger partial charge is 0.187 e. The van der Waals surface area contributed by atoms with E-state index >= 15 is 0 Å². The van der Waals surface area contributed by atoms with Gasteiger partial charge in [-0.3, -0.25) is 0 Å². The Morgan fingerprint density at radius 1 is 1.09 bits per heavy atom. The molecule has 6 heteroatoms.